The van der Waals surface area contributed by atoms with E-state index in [-0.39, 0.29) is 5.92 Å². The first kappa shape index (κ1) is 12.1. The molecule has 0 aliphatic carbocycles. The molecule has 1 atom stereocenters. The second-order valence-corrected chi connectivity index (χ2v) is 7.67. The van der Waals surface area contributed by atoms with Crippen LogP contribution in [0.25, 0.3) is 10.2 Å². The highest BCUT2D eigenvalue weighted by molar-refractivity contribution is 7.88. The lowest BCUT2D eigenvalue weighted by Gasteiger charge is -2.11. The van der Waals surface area contributed by atoms with Crippen LogP contribution in [0.4, 0.5) is 0 Å². The number of aromatic nitrogens is 1. The van der Waals surface area contributed by atoms with Gasteiger partial charge in [-0.2, -0.15) is 0 Å². The summed E-state index contributed by atoms with van der Waals surface area (Å²) in [6, 6.07) is 8.03. The van der Waals surface area contributed by atoms with Gasteiger partial charge < -0.3 is 0 Å². The fraction of sp³-hybridized carbons (Fsp3) is 0.417. The van der Waals surface area contributed by atoms with E-state index in [1.165, 1.54) is 11.0 Å². The zero-order valence-corrected chi connectivity index (χ0v) is 11.7. The minimum absolute atomic E-state index is 0.247. The standard InChI is InChI=1S/C12H14N2O2S2/c1-18(15,16)14-7-6-9(8-14)12-13-10-4-2-3-5-11(10)17-12/h2-5,9H,6-8H2,1H3/t9-/m0/s1. The van der Waals surface area contributed by atoms with Gasteiger partial charge in [0.25, 0.3) is 0 Å². The Kier molecular flexibility index (Phi) is 2.88. The van der Waals surface area contributed by atoms with E-state index in [4.69, 9.17) is 0 Å². The smallest absolute Gasteiger partial charge is 0.211 e. The van der Waals surface area contributed by atoms with Crippen molar-refractivity contribution in [1.29, 1.82) is 0 Å². The van der Waals surface area contributed by atoms with Gasteiger partial charge in [0.1, 0.15) is 0 Å². The molecule has 3 rings (SSSR count). The van der Waals surface area contributed by atoms with Gasteiger partial charge in [0.15, 0.2) is 0 Å². The molecule has 1 aliphatic heterocycles. The van der Waals surface area contributed by atoms with Crippen LogP contribution in [0.5, 0.6) is 0 Å². The Morgan fingerprint density at radius 3 is 2.83 bits per heavy atom. The van der Waals surface area contributed by atoms with Crippen molar-refractivity contribution < 1.29 is 8.42 Å². The Labute approximate surface area is 110 Å². The molecular formula is C12H14N2O2S2. The molecule has 0 unspecified atom stereocenters. The van der Waals surface area contributed by atoms with E-state index in [0.29, 0.717) is 13.1 Å². The first-order valence-corrected chi connectivity index (χ1v) is 8.51. The number of fused-ring (bicyclic) bond motifs is 1. The first-order chi connectivity index (χ1) is 8.54. The second kappa shape index (κ2) is 4.29. The maximum absolute atomic E-state index is 11.5. The molecule has 0 bridgehead atoms. The third-order valence-corrected chi connectivity index (χ3v) is 5.75. The van der Waals surface area contributed by atoms with Crippen molar-refractivity contribution in [1.82, 2.24) is 9.29 Å². The molecule has 18 heavy (non-hydrogen) atoms. The summed E-state index contributed by atoms with van der Waals surface area (Å²) in [6.07, 6.45) is 2.14. The van der Waals surface area contributed by atoms with Crippen LogP contribution in [0.1, 0.15) is 17.3 Å². The molecule has 0 radical (unpaired) electrons. The number of para-hydroxylation sites is 1. The lowest BCUT2D eigenvalue weighted by molar-refractivity contribution is 0.478. The van der Waals surface area contributed by atoms with Gasteiger partial charge in [0.2, 0.25) is 10.0 Å². The van der Waals surface area contributed by atoms with E-state index in [1.54, 1.807) is 15.6 Å². The van der Waals surface area contributed by atoms with E-state index < -0.39 is 10.0 Å². The molecular weight excluding hydrogens is 268 g/mol. The van der Waals surface area contributed by atoms with Crippen LogP contribution in [0.15, 0.2) is 24.3 Å². The zero-order valence-electron chi connectivity index (χ0n) is 10.0. The van der Waals surface area contributed by atoms with Crippen molar-refractivity contribution in [2.75, 3.05) is 19.3 Å². The molecule has 1 fully saturated rings. The molecule has 2 aromatic rings. The van der Waals surface area contributed by atoms with Crippen molar-refractivity contribution in [3.63, 3.8) is 0 Å². The molecule has 0 N–H and O–H groups in total. The molecule has 0 spiro atoms. The topological polar surface area (TPSA) is 50.3 Å². The minimum Gasteiger partial charge on any atom is -0.241 e. The van der Waals surface area contributed by atoms with Crippen LogP contribution in [-0.4, -0.2) is 37.1 Å². The fourth-order valence-corrected chi connectivity index (χ4v) is 4.28. The van der Waals surface area contributed by atoms with Crippen molar-refractivity contribution in [2.45, 2.75) is 12.3 Å². The van der Waals surface area contributed by atoms with Gasteiger partial charge in [-0.3, -0.25) is 0 Å². The van der Waals surface area contributed by atoms with Crippen molar-refractivity contribution >= 4 is 31.6 Å². The number of hydrogen-bond acceptors (Lipinski definition) is 4. The Morgan fingerprint density at radius 2 is 2.17 bits per heavy atom. The van der Waals surface area contributed by atoms with Crippen molar-refractivity contribution in [2.24, 2.45) is 0 Å². The van der Waals surface area contributed by atoms with Crippen molar-refractivity contribution in [3.05, 3.63) is 29.3 Å². The number of hydrogen-bond donors (Lipinski definition) is 0. The number of rotatable bonds is 2. The van der Waals surface area contributed by atoms with E-state index in [2.05, 4.69) is 11.1 Å². The molecule has 2 heterocycles. The highest BCUT2D eigenvalue weighted by Gasteiger charge is 2.31. The number of benzene rings is 1. The highest BCUT2D eigenvalue weighted by Crippen LogP contribution is 2.33. The molecule has 0 saturated carbocycles. The summed E-state index contributed by atoms with van der Waals surface area (Å²) in [5.41, 5.74) is 1.01. The summed E-state index contributed by atoms with van der Waals surface area (Å²) in [5.74, 6) is 0.247. The number of nitrogens with zero attached hydrogens (tertiary/aromatic N) is 2. The van der Waals surface area contributed by atoms with Crippen LogP contribution < -0.4 is 0 Å². The third-order valence-electron chi connectivity index (χ3n) is 3.28. The maximum atomic E-state index is 11.5. The SMILES string of the molecule is CS(=O)(=O)N1CC[C@H](c2nc3ccccc3s2)C1. The normalized spacial score (nSPS) is 21.7. The van der Waals surface area contributed by atoms with Crippen molar-refractivity contribution in [3.8, 4) is 0 Å². The fourth-order valence-electron chi connectivity index (χ4n) is 2.30. The largest absolute Gasteiger partial charge is 0.241 e. The third kappa shape index (κ3) is 2.15. The van der Waals surface area contributed by atoms with Gasteiger partial charge in [-0.15, -0.1) is 11.3 Å². The Bertz CT molecular complexity index is 645. The van der Waals surface area contributed by atoms with Gasteiger partial charge in [0.05, 0.1) is 21.5 Å². The van der Waals surface area contributed by atoms with Crippen LogP contribution in [0.3, 0.4) is 0 Å². The summed E-state index contributed by atoms with van der Waals surface area (Å²) < 4.78 is 25.7. The van der Waals surface area contributed by atoms with Crippen LogP contribution in [-0.2, 0) is 10.0 Å². The summed E-state index contributed by atoms with van der Waals surface area (Å²) in [5, 5.41) is 1.06. The molecule has 1 aliphatic rings. The Balaban J connectivity index is 1.88. The summed E-state index contributed by atoms with van der Waals surface area (Å²) >= 11 is 1.67. The average molecular weight is 282 g/mol. The van der Waals surface area contributed by atoms with E-state index >= 15 is 0 Å². The molecule has 0 amide bonds. The van der Waals surface area contributed by atoms with Gasteiger partial charge in [0, 0.05) is 19.0 Å². The molecule has 96 valence electrons. The Morgan fingerprint density at radius 1 is 1.39 bits per heavy atom. The summed E-state index contributed by atoms with van der Waals surface area (Å²) in [4.78, 5) is 4.61. The minimum atomic E-state index is -3.06. The summed E-state index contributed by atoms with van der Waals surface area (Å²) in [7, 11) is -3.06. The van der Waals surface area contributed by atoms with Crippen LogP contribution >= 0.6 is 11.3 Å². The lowest BCUT2D eigenvalue weighted by Crippen LogP contribution is -2.27. The molecule has 4 nitrogen and oxygen atoms in total. The molecule has 6 heteroatoms. The average Bonchev–Trinajstić information content (AvgIpc) is 2.94. The van der Waals surface area contributed by atoms with Gasteiger partial charge in [-0.1, -0.05) is 12.1 Å². The first-order valence-electron chi connectivity index (χ1n) is 5.84. The van der Waals surface area contributed by atoms with E-state index in [9.17, 15) is 8.42 Å². The van der Waals surface area contributed by atoms with Gasteiger partial charge in [-0.25, -0.2) is 17.7 Å². The predicted octanol–water partition coefficient (Wildman–Crippen LogP) is 2.05. The molecule has 1 aromatic heterocycles. The van der Waals surface area contributed by atoms with Gasteiger partial charge in [-0.05, 0) is 18.6 Å². The lowest BCUT2D eigenvalue weighted by atomic mass is 10.1. The van der Waals surface area contributed by atoms with E-state index in [0.717, 1.165) is 16.9 Å². The number of thiazole rings is 1. The zero-order chi connectivity index (χ0) is 12.8. The predicted molar refractivity (Wildman–Crippen MR) is 73.4 cm³/mol. The monoisotopic (exact) mass is 282 g/mol. The molecule has 1 aromatic carbocycles. The van der Waals surface area contributed by atoms with Crippen LogP contribution in [0.2, 0.25) is 0 Å². The molecule has 1 saturated heterocycles. The number of sulfonamides is 1. The Hall–Kier alpha value is -0.980. The van der Waals surface area contributed by atoms with E-state index in [1.807, 2.05) is 18.2 Å². The maximum Gasteiger partial charge on any atom is 0.211 e. The quantitative estimate of drug-likeness (QED) is 0.847. The summed E-state index contributed by atoms with van der Waals surface area (Å²) in [6.45, 7) is 1.18. The van der Waals surface area contributed by atoms with Crippen LogP contribution in [0, 0.1) is 0 Å². The highest BCUT2D eigenvalue weighted by atomic mass is 32.2. The second-order valence-electron chi connectivity index (χ2n) is 4.63. The van der Waals surface area contributed by atoms with Gasteiger partial charge >= 0.3 is 0 Å².